The molecule has 0 aliphatic carbocycles. The maximum absolute atomic E-state index is 13.0. The molecule has 3 heterocycles. The topological polar surface area (TPSA) is 50.7 Å². The molecule has 0 amide bonds. The van der Waals surface area contributed by atoms with Crippen LogP contribution in [0, 0.1) is 0 Å². The smallest absolute Gasteiger partial charge is 0.307 e. The average Bonchev–Trinajstić information content (AvgIpc) is 2.86. The third kappa shape index (κ3) is 2.49. The lowest BCUT2D eigenvalue weighted by atomic mass is 10.1. The second-order valence-electron chi connectivity index (χ2n) is 4.55. The number of aromatic nitrogens is 3. The minimum absolute atomic E-state index is 0.163. The molecule has 1 aliphatic heterocycles. The zero-order valence-corrected chi connectivity index (χ0v) is 10.4. The molecule has 0 fully saturated rings. The predicted molar refractivity (Wildman–Crippen MR) is 64.6 cm³/mol. The zero-order valence-electron chi connectivity index (χ0n) is 10.4. The fourth-order valence-corrected chi connectivity index (χ4v) is 2.22. The van der Waals surface area contributed by atoms with Gasteiger partial charge < -0.3 is 5.32 Å². The molecular weight excluding hydrogens is 269 g/mol. The fraction of sp³-hybridized carbons (Fsp3) is 0.308. The van der Waals surface area contributed by atoms with Gasteiger partial charge in [0.25, 0.3) is 0 Å². The Hall–Kier alpha value is -2.02. The van der Waals surface area contributed by atoms with Crippen molar-refractivity contribution >= 4 is 0 Å². The molecule has 0 aromatic carbocycles. The van der Waals surface area contributed by atoms with Gasteiger partial charge in [0.15, 0.2) is 5.69 Å². The van der Waals surface area contributed by atoms with Crippen molar-refractivity contribution in [1.82, 2.24) is 20.3 Å². The summed E-state index contributed by atoms with van der Waals surface area (Å²) in [4.78, 5) is 11.8. The molecule has 1 N–H and O–H groups in total. The first-order valence-corrected chi connectivity index (χ1v) is 6.09. The predicted octanol–water partition coefficient (Wildman–Crippen LogP) is 2.08. The maximum Gasteiger partial charge on any atom is 0.433 e. The summed E-state index contributed by atoms with van der Waals surface area (Å²) in [5, 5.41) is 2.88. The number of hydrogen-bond donors (Lipinski definition) is 1. The first-order chi connectivity index (χ1) is 9.54. The van der Waals surface area contributed by atoms with Gasteiger partial charge >= 0.3 is 6.18 Å². The van der Waals surface area contributed by atoms with Gasteiger partial charge in [-0.15, -0.1) is 0 Å². The van der Waals surface area contributed by atoms with E-state index in [4.69, 9.17) is 0 Å². The van der Waals surface area contributed by atoms with Gasteiger partial charge in [-0.25, -0.2) is 9.97 Å². The van der Waals surface area contributed by atoms with E-state index in [2.05, 4.69) is 20.3 Å². The summed E-state index contributed by atoms with van der Waals surface area (Å²) >= 11 is 0. The minimum Gasteiger partial charge on any atom is -0.307 e. The molecule has 20 heavy (non-hydrogen) atoms. The molecule has 7 heteroatoms. The largest absolute Gasteiger partial charge is 0.433 e. The van der Waals surface area contributed by atoms with Crippen molar-refractivity contribution in [2.75, 3.05) is 0 Å². The molecule has 4 nitrogen and oxygen atoms in total. The highest BCUT2D eigenvalue weighted by Gasteiger charge is 2.38. The van der Waals surface area contributed by atoms with Crippen LogP contribution < -0.4 is 5.32 Å². The van der Waals surface area contributed by atoms with Gasteiger partial charge in [0.2, 0.25) is 0 Å². The Balaban J connectivity index is 2.01. The van der Waals surface area contributed by atoms with Crippen molar-refractivity contribution in [1.29, 1.82) is 0 Å². The third-order valence-electron chi connectivity index (χ3n) is 3.11. The van der Waals surface area contributed by atoms with Crippen LogP contribution in [-0.4, -0.2) is 15.0 Å². The quantitative estimate of drug-likeness (QED) is 0.915. The SMILES string of the molecule is FC(F)(F)c1nc(Cc2ccncc2)nc2c1CNC2. The molecular formula is C13H11F3N4. The summed E-state index contributed by atoms with van der Waals surface area (Å²) in [5.41, 5.74) is 0.614. The van der Waals surface area contributed by atoms with Crippen molar-refractivity contribution in [3.05, 3.63) is 52.9 Å². The number of pyridine rings is 1. The molecule has 1 aliphatic rings. The number of hydrogen-bond acceptors (Lipinski definition) is 4. The van der Waals surface area contributed by atoms with Gasteiger partial charge in [0.05, 0.1) is 5.69 Å². The first-order valence-electron chi connectivity index (χ1n) is 6.09. The molecule has 0 bridgehead atoms. The summed E-state index contributed by atoms with van der Waals surface area (Å²) in [6.07, 6.45) is -1.01. The molecule has 0 unspecified atom stereocenters. The van der Waals surface area contributed by atoms with Gasteiger partial charge in [-0.1, -0.05) is 0 Å². The van der Waals surface area contributed by atoms with E-state index in [-0.39, 0.29) is 24.4 Å². The van der Waals surface area contributed by atoms with Crippen LogP contribution >= 0.6 is 0 Å². The van der Waals surface area contributed by atoms with Crippen LogP contribution in [-0.2, 0) is 25.7 Å². The van der Waals surface area contributed by atoms with Crippen LogP contribution in [0.2, 0.25) is 0 Å². The Morgan fingerprint density at radius 3 is 2.55 bits per heavy atom. The molecule has 2 aromatic rings. The van der Waals surface area contributed by atoms with Crippen molar-refractivity contribution in [2.24, 2.45) is 0 Å². The third-order valence-corrected chi connectivity index (χ3v) is 3.11. The second-order valence-corrected chi connectivity index (χ2v) is 4.55. The van der Waals surface area contributed by atoms with Crippen LogP contribution in [0.3, 0.4) is 0 Å². The first kappa shape index (κ1) is 13.0. The fourth-order valence-electron chi connectivity index (χ4n) is 2.22. The normalized spacial score (nSPS) is 14.3. The number of nitrogens with one attached hydrogen (secondary N) is 1. The van der Waals surface area contributed by atoms with Crippen LogP contribution in [0.1, 0.15) is 28.3 Å². The lowest BCUT2D eigenvalue weighted by Gasteiger charge is -2.12. The summed E-state index contributed by atoms with van der Waals surface area (Å²) in [6, 6.07) is 3.48. The van der Waals surface area contributed by atoms with Gasteiger partial charge in [-0.05, 0) is 17.7 Å². The summed E-state index contributed by atoms with van der Waals surface area (Å²) < 4.78 is 39.1. The molecule has 2 aromatic heterocycles. The summed E-state index contributed by atoms with van der Waals surface area (Å²) in [7, 11) is 0. The molecule has 0 spiro atoms. The van der Waals surface area contributed by atoms with Crippen molar-refractivity contribution in [3.8, 4) is 0 Å². The highest BCUT2D eigenvalue weighted by molar-refractivity contribution is 5.32. The molecule has 3 rings (SSSR count). The maximum atomic E-state index is 13.0. The van der Waals surface area contributed by atoms with Crippen LogP contribution in [0.25, 0.3) is 0 Å². The number of fused-ring (bicyclic) bond motifs is 1. The molecule has 0 atom stereocenters. The highest BCUT2D eigenvalue weighted by atomic mass is 19.4. The van der Waals surface area contributed by atoms with Crippen LogP contribution in [0.4, 0.5) is 13.2 Å². The van der Waals surface area contributed by atoms with Crippen molar-refractivity contribution < 1.29 is 13.2 Å². The Morgan fingerprint density at radius 2 is 1.85 bits per heavy atom. The van der Waals surface area contributed by atoms with Crippen LogP contribution in [0.15, 0.2) is 24.5 Å². The standard InChI is InChI=1S/C13H11F3N4/c14-13(15,16)12-9-6-18-7-10(9)19-11(20-12)5-8-1-3-17-4-2-8/h1-4,18H,5-7H2. The molecule has 0 saturated carbocycles. The van der Waals surface area contributed by atoms with E-state index in [0.717, 1.165) is 5.56 Å². The monoisotopic (exact) mass is 280 g/mol. The van der Waals surface area contributed by atoms with Gasteiger partial charge in [-0.3, -0.25) is 4.98 Å². The zero-order chi connectivity index (χ0) is 14.2. The van der Waals surface area contributed by atoms with E-state index in [1.165, 1.54) is 0 Å². The van der Waals surface area contributed by atoms with E-state index < -0.39 is 11.9 Å². The van der Waals surface area contributed by atoms with Gasteiger partial charge in [0, 0.05) is 37.5 Å². The summed E-state index contributed by atoms with van der Waals surface area (Å²) in [6.45, 7) is 0.518. The second kappa shape index (κ2) is 4.82. The average molecular weight is 280 g/mol. The molecule has 104 valence electrons. The van der Waals surface area contributed by atoms with E-state index in [1.54, 1.807) is 24.5 Å². The number of rotatable bonds is 2. The minimum atomic E-state index is -4.45. The Labute approximate surface area is 113 Å². The highest BCUT2D eigenvalue weighted by Crippen LogP contribution is 2.33. The van der Waals surface area contributed by atoms with E-state index in [1.807, 2.05) is 0 Å². The Kier molecular flexibility index (Phi) is 3.13. The molecule has 0 radical (unpaired) electrons. The van der Waals surface area contributed by atoms with Crippen LogP contribution in [0.5, 0.6) is 0 Å². The number of alkyl halides is 3. The summed E-state index contributed by atoms with van der Waals surface area (Å²) in [5.74, 6) is 0.186. The number of nitrogens with zero attached hydrogens (tertiary/aromatic N) is 3. The number of halogens is 3. The van der Waals surface area contributed by atoms with E-state index in [0.29, 0.717) is 12.2 Å². The Bertz CT molecular complexity index is 626. The van der Waals surface area contributed by atoms with Crippen molar-refractivity contribution in [2.45, 2.75) is 25.7 Å². The Morgan fingerprint density at radius 1 is 1.10 bits per heavy atom. The van der Waals surface area contributed by atoms with Gasteiger partial charge in [-0.2, -0.15) is 13.2 Å². The van der Waals surface area contributed by atoms with E-state index >= 15 is 0 Å². The lowest BCUT2D eigenvalue weighted by molar-refractivity contribution is -0.142. The van der Waals surface area contributed by atoms with E-state index in [9.17, 15) is 13.2 Å². The lowest BCUT2D eigenvalue weighted by Crippen LogP contribution is -2.16. The van der Waals surface area contributed by atoms with Crippen molar-refractivity contribution in [3.63, 3.8) is 0 Å². The molecule has 0 saturated heterocycles. The van der Waals surface area contributed by atoms with Gasteiger partial charge in [0.1, 0.15) is 5.82 Å².